The lowest BCUT2D eigenvalue weighted by molar-refractivity contribution is -0.911. The second-order valence-electron chi connectivity index (χ2n) is 6.78. The van der Waals surface area contributed by atoms with Gasteiger partial charge in [-0.2, -0.15) is 0 Å². The average Bonchev–Trinajstić information content (AvgIpc) is 3.25. The van der Waals surface area contributed by atoms with Crippen molar-refractivity contribution in [1.29, 1.82) is 0 Å². The van der Waals surface area contributed by atoms with Gasteiger partial charge in [0.05, 0.1) is 18.8 Å². The first-order chi connectivity index (χ1) is 12.9. The van der Waals surface area contributed by atoms with Crippen molar-refractivity contribution >= 4 is 17.5 Å². The van der Waals surface area contributed by atoms with E-state index in [0.717, 1.165) is 31.5 Å². The fourth-order valence-electron chi connectivity index (χ4n) is 3.54. The molecule has 1 aliphatic rings. The molecule has 0 spiro atoms. The van der Waals surface area contributed by atoms with Crippen LogP contribution >= 0.6 is 0 Å². The molecule has 2 aromatic rings. The Kier molecular flexibility index (Phi) is 5.85. The molecule has 1 aliphatic heterocycles. The van der Waals surface area contributed by atoms with Gasteiger partial charge in [-0.1, -0.05) is 0 Å². The van der Waals surface area contributed by atoms with Gasteiger partial charge in [-0.15, -0.1) is 0 Å². The monoisotopic (exact) mass is 377 g/mol. The number of quaternary nitrogens is 1. The minimum Gasteiger partial charge on any atom is -0.350 e. The maximum Gasteiger partial charge on any atom is 0.275 e. The highest BCUT2D eigenvalue weighted by molar-refractivity contribution is 5.94. The van der Waals surface area contributed by atoms with Crippen molar-refractivity contribution in [2.75, 3.05) is 25.0 Å². The average molecular weight is 377 g/mol. The normalized spacial score (nSPS) is 19.1. The Morgan fingerprint density at radius 2 is 2.04 bits per heavy atom. The Morgan fingerprint density at radius 1 is 1.22 bits per heavy atom. The number of likely N-dealkylation sites (tertiary alicyclic amines) is 1. The minimum absolute atomic E-state index is 0.141. The number of carbonyl (C=O) groups is 2. The van der Waals surface area contributed by atoms with Crippen molar-refractivity contribution < 1.29 is 23.3 Å². The number of carbonyl (C=O) groups excluding carboxylic acids is 2. The van der Waals surface area contributed by atoms with Crippen LogP contribution in [-0.4, -0.2) is 36.0 Å². The molecular formula is C19H23F2N4O2+. The second-order valence-corrected chi connectivity index (χ2v) is 6.78. The van der Waals surface area contributed by atoms with E-state index in [1.54, 1.807) is 0 Å². The van der Waals surface area contributed by atoms with Crippen molar-refractivity contribution in [3.05, 3.63) is 53.9 Å². The summed E-state index contributed by atoms with van der Waals surface area (Å²) in [5, 5.41) is 5.02. The number of amides is 2. The van der Waals surface area contributed by atoms with E-state index in [1.165, 1.54) is 16.7 Å². The maximum atomic E-state index is 13.2. The van der Waals surface area contributed by atoms with Gasteiger partial charge in [0.25, 0.3) is 5.91 Å². The number of anilines is 1. The van der Waals surface area contributed by atoms with Crippen LogP contribution in [0.15, 0.2) is 36.5 Å². The molecule has 1 aromatic heterocycles. The number of nitrogens with zero attached hydrogens (tertiary/aromatic N) is 1. The highest BCUT2D eigenvalue weighted by Gasteiger charge is 2.32. The number of hydrogen-bond donors (Lipinski definition) is 3. The lowest BCUT2D eigenvalue weighted by atomic mass is 10.1. The number of rotatable bonds is 6. The smallest absolute Gasteiger partial charge is 0.275 e. The van der Waals surface area contributed by atoms with Crippen LogP contribution in [0, 0.1) is 11.6 Å². The van der Waals surface area contributed by atoms with E-state index in [-0.39, 0.29) is 30.7 Å². The van der Waals surface area contributed by atoms with E-state index < -0.39 is 17.5 Å². The van der Waals surface area contributed by atoms with Crippen LogP contribution in [0.2, 0.25) is 0 Å². The third-order valence-corrected chi connectivity index (χ3v) is 4.86. The Morgan fingerprint density at radius 3 is 2.74 bits per heavy atom. The van der Waals surface area contributed by atoms with Crippen molar-refractivity contribution in [3.8, 4) is 0 Å². The van der Waals surface area contributed by atoms with Gasteiger partial charge in [-0.25, -0.2) is 8.78 Å². The third kappa shape index (κ3) is 4.71. The molecule has 1 aromatic carbocycles. The van der Waals surface area contributed by atoms with Crippen LogP contribution < -0.4 is 15.5 Å². The zero-order chi connectivity index (χ0) is 19.4. The Hall–Kier alpha value is -2.74. The van der Waals surface area contributed by atoms with Gasteiger partial charge in [-0.05, 0) is 24.3 Å². The Balaban J connectivity index is 1.48. The number of halogens is 2. The first-order valence-electron chi connectivity index (χ1n) is 8.91. The van der Waals surface area contributed by atoms with Crippen LogP contribution in [0.1, 0.15) is 24.6 Å². The van der Waals surface area contributed by atoms with Gasteiger partial charge < -0.3 is 20.1 Å². The molecule has 1 fully saturated rings. The van der Waals surface area contributed by atoms with Gasteiger partial charge in [0.15, 0.2) is 18.2 Å². The second kappa shape index (κ2) is 8.30. The summed E-state index contributed by atoms with van der Waals surface area (Å²) in [4.78, 5) is 25.3. The molecule has 6 nitrogen and oxygen atoms in total. The molecule has 0 saturated carbocycles. The lowest BCUT2D eigenvalue weighted by Crippen LogP contribution is -3.11. The summed E-state index contributed by atoms with van der Waals surface area (Å²) < 4.78 is 28.1. The molecule has 0 bridgehead atoms. The van der Waals surface area contributed by atoms with E-state index in [0.29, 0.717) is 0 Å². The summed E-state index contributed by atoms with van der Waals surface area (Å²) in [5.74, 6) is -2.74. The number of benzene rings is 1. The number of aromatic nitrogens is 1. The van der Waals surface area contributed by atoms with E-state index >= 15 is 0 Å². The zero-order valence-electron chi connectivity index (χ0n) is 15.1. The minimum atomic E-state index is -1.04. The van der Waals surface area contributed by atoms with E-state index in [4.69, 9.17) is 0 Å². The first kappa shape index (κ1) is 19.0. The third-order valence-electron chi connectivity index (χ3n) is 4.86. The van der Waals surface area contributed by atoms with Crippen LogP contribution in [0.4, 0.5) is 14.5 Å². The molecule has 0 radical (unpaired) electrons. The van der Waals surface area contributed by atoms with E-state index in [9.17, 15) is 18.4 Å². The fraction of sp³-hybridized carbons (Fsp3) is 0.368. The predicted molar refractivity (Wildman–Crippen MR) is 96.1 cm³/mol. The Bertz CT molecular complexity index is 837. The molecule has 3 N–H and O–H groups in total. The highest BCUT2D eigenvalue weighted by Crippen LogP contribution is 2.18. The van der Waals surface area contributed by atoms with Crippen LogP contribution in [-0.2, 0) is 16.6 Å². The topological polar surface area (TPSA) is 67.6 Å². The van der Waals surface area contributed by atoms with E-state index in [2.05, 4.69) is 21.3 Å². The zero-order valence-corrected chi connectivity index (χ0v) is 15.1. The first-order valence-corrected chi connectivity index (χ1v) is 8.91. The fourth-order valence-corrected chi connectivity index (χ4v) is 3.54. The molecule has 0 aliphatic carbocycles. The number of nitrogens with one attached hydrogen (secondary N) is 3. The summed E-state index contributed by atoms with van der Waals surface area (Å²) >= 11 is 0. The molecule has 1 unspecified atom stereocenters. The van der Waals surface area contributed by atoms with Gasteiger partial charge in [0, 0.05) is 37.8 Å². The van der Waals surface area contributed by atoms with Crippen molar-refractivity contribution in [3.63, 3.8) is 0 Å². The van der Waals surface area contributed by atoms with Gasteiger partial charge >= 0.3 is 0 Å². The molecular weight excluding hydrogens is 354 g/mol. The summed E-state index contributed by atoms with van der Waals surface area (Å²) in [6, 6.07) is 7.43. The predicted octanol–water partition coefficient (Wildman–Crippen LogP) is 0.778. The molecule has 144 valence electrons. The molecule has 2 amide bonds. The number of hydrogen-bond acceptors (Lipinski definition) is 2. The van der Waals surface area contributed by atoms with Crippen molar-refractivity contribution in [2.24, 2.45) is 7.05 Å². The molecule has 1 saturated heterocycles. The molecule has 3 rings (SSSR count). The Labute approximate surface area is 156 Å². The summed E-state index contributed by atoms with van der Waals surface area (Å²) in [6.07, 6.45) is 4.07. The van der Waals surface area contributed by atoms with Crippen molar-refractivity contribution in [1.82, 2.24) is 9.88 Å². The standard InChI is InChI=1S/C19H22F2N4O2/c1-24-8-2-4-16(24)17-5-3-9-25(17)12-19(27)22-11-18(26)23-13-6-7-14(20)15(21)10-13/h2,4,6-8,10,17H,3,5,9,11-12H2,1H3,(H,22,27)(H,23,26)/p+1/t17-/m1/s1. The van der Waals surface area contributed by atoms with Gasteiger partial charge in [0.2, 0.25) is 5.91 Å². The van der Waals surface area contributed by atoms with Crippen LogP contribution in [0.25, 0.3) is 0 Å². The maximum absolute atomic E-state index is 13.2. The molecule has 2 heterocycles. The van der Waals surface area contributed by atoms with E-state index in [1.807, 2.05) is 19.3 Å². The van der Waals surface area contributed by atoms with Crippen LogP contribution in [0.3, 0.4) is 0 Å². The van der Waals surface area contributed by atoms with Crippen molar-refractivity contribution in [2.45, 2.75) is 18.9 Å². The van der Waals surface area contributed by atoms with Gasteiger partial charge in [0.1, 0.15) is 6.04 Å². The van der Waals surface area contributed by atoms with Crippen LogP contribution in [0.5, 0.6) is 0 Å². The SMILES string of the molecule is Cn1cccc1[C@H]1CCC[NH+]1CC(=O)NCC(=O)Nc1ccc(F)c(F)c1. The summed E-state index contributed by atoms with van der Waals surface area (Å²) in [6.45, 7) is 0.971. The van der Waals surface area contributed by atoms with Gasteiger partial charge in [-0.3, -0.25) is 9.59 Å². The molecule has 8 heteroatoms. The molecule has 27 heavy (non-hydrogen) atoms. The quantitative estimate of drug-likeness (QED) is 0.697. The summed E-state index contributed by atoms with van der Waals surface area (Å²) in [5.41, 5.74) is 1.34. The summed E-state index contributed by atoms with van der Waals surface area (Å²) in [7, 11) is 1.99. The number of aryl methyl sites for hydroxylation is 1. The lowest BCUT2D eigenvalue weighted by Gasteiger charge is -2.21. The molecule has 2 atom stereocenters. The highest BCUT2D eigenvalue weighted by atomic mass is 19.2. The largest absolute Gasteiger partial charge is 0.350 e.